The van der Waals surface area contributed by atoms with Crippen LogP contribution in [-0.2, 0) is 0 Å². The van der Waals surface area contributed by atoms with E-state index >= 15 is 0 Å². The van der Waals surface area contributed by atoms with Gasteiger partial charge in [-0.1, -0.05) is 0 Å². The molecule has 3 nitrogen and oxygen atoms in total. The molecular formula is C12H26N3+. The highest BCUT2D eigenvalue weighted by molar-refractivity contribution is 4.62. The second-order valence-electron chi connectivity index (χ2n) is 5.01. The molecule has 0 spiro atoms. The Kier molecular flexibility index (Phi) is 4.90. The van der Waals surface area contributed by atoms with E-state index in [-0.39, 0.29) is 0 Å². The van der Waals surface area contributed by atoms with Crippen molar-refractivity contribution < 1.29 is 4.90 Å². The first kappa shape index (κ1) is 11.4. The van der Waals surface area contributed by atoms with Gasteiger partial charge in [-0.05, 0) is 19.5 Å². The van der Waals surface area contributed by atoms with Gasteiger partial charge in [-0.2, -0.15) is 0 Å². The summed E-state index contributed by atoms with van der Waals surface area (Å²) in [7, 11) is 0. The molecule has 3 heterocycles. The first-order valence-corrected chi connectivity index (χ1v) is 6.72. The lowest BCUT2D eigenvalue weighted by atomic mass is 10.2. The fourth-order valence-corrected chi connectivity index (χ4v) is 2.83. The molecule has 0 unspecified atom stereocenters. The Bertz CT molecular complexity index is 141. The average molecular weight is 212 g/mol. The third-order valence-corrected chi connectivity index (χ3v) is 3.72. The molecule has 0 aromatic heterocycles. The summed E-state index contributed by atoms with van der Waals surface area (Å²) in [5, 5.41) is 3.55. The van der Waals surface area contributed by atoms with Crippen LogP contribution in [0.4, 0.5) is 0 Å². The molecule has 0 aliphatic carbocycles. The smallest absolute Gasteiger partial charge is 0.0783 e. The SMILES string of the molecule is C1CNCCC[NH+]2CCCN(C1)CCC2. The molecule has 0 atom stereocenters. The van der Waals surface area contributed by atoms with Gasteiger partial charge in [0.25, 0.3) is 0 Å². The van der Waals surface area contributed by atoms with Gasteiger partial charge in [-0.3, -0.25) is 0 Å². The first-order valence-electron chi connectivity index (χ1n) is 6.72. The molecule has 0 radical (unpaired) electrons. The molecule has 3 saturated heterocycles. The van der Waals surface area contributed by atoms with Crippen molar-refractivity contribution in [3.05, 3.63) is 0 Å². The molecule has 0 aromatic rings. The molecule has 2 bridgehead atoms. The van der Waals surface area contributed by atoms with Crippen LogP contribution in [0, 0.1) is 0 Å². The minimum absolute atomic E-state index is 1.21. The lowest BCUT2D eigenvalue weighted by molar-refractivity contribution is -0.901. The van der Waals surface area contributed by atoms with Crippen molar-refractivity contribution in [3.8, 4) is 0 Å². The maximum Gasteiger partial charge on any atom is 0.0783 e. The molecule has 0 aromatic carbocycles. The van der Waals surface area contributed by atoms with Gasteiger partial charge in [0.15, 0.2) is 0 Å². The summed E-state index contributed by atoms with van der Waals surface area (Å²) in [5.41, 5.74) is 0. The number of hydrogen-bond acceptors (Lipinski definition) is 2. The maximum atomic E-state index is 3.55. The summed E-state index contributed by atoms with van der Waals surface area (Å²) in [6.07, 6.45) is 5.50. The standard InChI is InChI=1S/C12H25N3/c1-5-13-6-2-8-15-11-3-9-14(7-1)10-4-12-15/h13H,1-12H2/p+1. The van der Waals surface area contributed by atoms with Crippen LogP contribution in [0.2, 0.25) is 0 Å². The van der Waals surface area contributed by atoms with E-state index in [0.717, 1.165) is 0 Å². The summed E-state index contributed by atoms with van der Waals surface area (Å²) in [6.45, 7) is 10.6. The van der Waals surface area contributed by atoms with Gasteiger partial charge in [0, 0.05) is 38.9 Å². The predicted molar refractivity (Wildman–Crippen MR) is 63.3 cm³/mol. The highest BCUT2D eigenvalue weighted by atomic mass is 15.2. The highest BCUT2D eigenvalue weighted by Crippen LogP contribution is 1.98. The average Bonchev–Trinajstić information content (AvgIpc) is 2.16. The van der Waals surface area contributed by atoms with Gasteiger partial charge >= 0.3 is 0 Å². The van der Waals surface area contributed by atoms with Crippen LogP contribution in [-0.4, -0.2) is 57.3 Å². The van der Waals surface area contributed by atoms with Crippen LogP contribution in [0.25, 0.3) is 0 Å². The molecule has 88 valence electrons. The number of hydrogen-bond donors (Lipinski definition) is 2. The van der Waals surface area contributed by atoms with E-state index in [0.29, 0.717) is 0 Å². The molecule has 3 fully saturated rings. The highest BCUT2D eigenvalue weighted by Gasteiger charge is 2.15. The first-order chi connectivity index (χ1) is 7.45. The van der Waals surface area contributed by atoms with Crippen molar-refractivity contribution in [1.82, 2.24) is 10.2 Å². The Balaban J connectivity index is 1.86. The molecule has 3 aliphatic heterocycles. The van der Waals surface area contributed by atoms with E-state index in [1.54, 1.807) is 0 Å². The number of fused-ring (bicyclic) bond motifs is 10. The number of nitrogens with zero attached hydrogens (tertiary/aromatic N) is 1. The topological polar surface area (TPSA) is 19.7 Å². The molecule has 3 heteroatoms. The van der Waals surface area contributed by atoms with Crippen LogP contribution >= 0.6 is 0 Å². The third kappa shape index (κ3) is 4.09. The zero-order valence-corrected chi connectivity index (χ0v) is 9.93. The minimum Gasteiger partial charge on any atom is -0.335 e. The summed E-state index contributed by atoms with van der Waals surface area (Å²) < 4.78 is 0. The Hall–Kier alpha value is -0.120. The summed E-state index contributed by atoms with van der Waals surface area (Å²) in [5.74, 6) is 0. The fraction of sp³-hybridized carbons (Fsp3) is 1.00. The van der Waals surface area contributed by atoms with Crippen molar-refractivity contribution in [2.45, 2.75) is 25.7 Å². The van der Waals surface area contributed by atoms with Crippen molar-refractivity contribution in [2.75, 3.05) is 52.4 Å². The molecule has 0 amide bonds. The molecule has 2 N–H and O–H groups in total. The van der Waals surface area contributed by atoms with Crippen molar-refractivity contribution in [2.24, 2.45) is 0 Å². The normalized spacial score (nSPS) is 35.2. The van der Waals surface area contributed by atoms with Gasteiger partial charge in [0.2, 0.25) is 0 Å². The lowest BCUT2D eigenvalue weighted by Gasteiger charge is -2.29. The van der Waals surface area contributed by atoms with Gasteiger partial charge in [-0.25, -0.2) is 0 Å². The number of nitrogens with one attached hydrogen (secondary N) is 2. The Labute approximate surface area is 93.8 Å². The summed E-state index contributed by atoms with van der Waals surface area (Å²) >= 11 is 0. The van der Waals surface area contributed by atoms with Crippen LogP contribution < -0.4 is 10.2 Å². The monoisotopic (exact) mass is 212 g/mol. The largest absolute Gasteiger partial charge is 0.335 e. The summed E-state index contributed by atoms with van der Waals surface area (Å²) in [6, 6.07) is 0. The van der Waals surface area contributed by atoms with E-state index in [2.05, 4.69) is 10.2 Å². The second-order valence-corrected chi connectivity index (χ2v) is 5.01. The van der Waals surface area contributed by atoms with Gasteiger partial charge < -0.3 is 15.1 Å². The lowest BCUT2D eigenvalue weighted by Crippen LogP contribution is -3.12. The number of quaternary nitrogens is 1. The zero-order valence-electron chi connectivity index (χ0n) is 9.93. The molecule has 15 heavy (non-hydrogen) atoms. The number of rotatable bonds is 0. The Morgan fingerprint density at radius 2 is 1.33 bits per heavy atom. The van der Waals surface area contributed by atoms with Crippen LogP contribution in [0.1, 0.15) is 25.7 Å². The van der Waals surface area contributed by atoms with Crippen molar-refractivity contribution in [1.29, 1.82) is 0 Å². The molecule has 3 rings (SSSR count). The van der Waals surface area contributed by atoms with E-state index < -0.39 is 0 Å². The summed E-state index contributed by atoms with van der Waals surface area (Å²) in [4.78, 5) is 4.51. The van der Waals surface area contributed by atoms with Crippen LogP contribution in [0.5, 0.6) is 0 Å². The maximum absolute atomic E-state index is 3.55. The van der Waals surface area contributed by atoms with E-state index in [9.17, 15) is 0 Å². The van der Waals surface area contributed by atoms with Crippen molar-refractivity contribution >= 4 is 0 Å². The second kappa shape index (κ2) is 6.46. The molecule has 3 aliphatic rings. The van der Waals surface area contributed by atoms with Crippen LogP contribution in [0.15, 0.2) is 0 Å². The van der Waals surface area contributed by atoms with Gasteiger partial charge in [0.05, 0.1) is 19.6 Å². The zero-order chi connectivity index (χ0) is 10.3. The van der Waals surface area contributed by atoms with Crippen LogP contribution in [0.3, 0.4) is 0 Å². The Morgan fingerprint density at radius 3 is 2.13 bits per heavy atom. The van der Waals surface area contributed by atoms with E-state index in [4.69, 9.17) is 0 Å². The minimum atomic E-state index is 1.21. The van der Waals surface area contributed by atoms with Gasteiger partial charge in [0.1, 0.15) is 0 Å². The molecule has 0 saturated carbocycles. The van der Waals surface area contributed by atoms with E-state index in [1.165, 1.54) is 78.0 Å². The predicted octanol–water partition coefficient (Wildman–Crippen LogP) is -0.649. The fourth-order valence-electron chi connectivity index (χ4n) is 2.83. The van der Waals surface area contributed by atoms with E-state index in [1.807, 2.05) is 4.90 Å². The van der Waals surface area contributed by atoms with Gasteiger partial charge in [-0.15, -0.1) is 0 Å². The third-order valence-electron chi connectivity index (χ3n) is 3.72. The quantitative estimate of drug-likeness (QED) is 0.556. The van der Waals surface area contributed by atoms with Crippen molar-refractivity contribution in [3.63, 3.8) is 0 Å². The Morgan fingerprint density at radius 1 is 0.733 bits per heavy atom. The molecular weight excluding hydrogens is 186 g/mol.